The van der Waals surface area contributed by atoms with E-state index < -0.39 is 11.6 Å². The van der Waals surface area contributed by atoms with Crippen molar-refractivity contribution in [3.63, 3.8) is 0 Å². The van der Waals surface area contributed by atoms with Crippen molar-refractivity contribution in [2.24, 2.45) is 0 Å². The van der Waals surface area contributed by atoms with Crippen molar-refractivity contribution in [3.05, 3.63) is 29.5 Å². The molecule has 0 spiro atoms. The normalized spacial score (nSPS) is 15.4. The van der Waals surface area contributed by atoms with Crippen LogP contribution in [0.15, 0.2) is 22.6 Å². The number of aromatic carboxylic acids is 1. The number of aryl methyl sites for hydroxylation is 1. The summed E-state index contributed by atoms with van der Waals surface area (Å²) in [4.78, 5) is 27.2. The van der Waals surface area contributed by atoms with Crippen molar-refractivity contribution in [2.45, 2.75) is 33.3 Å². The van der Waals surface area contributed by atoms with Crippen LogP contribution < -0.4 is 4.90 Å². The largest absolute Gasteiger partial charge is 0.475 e. The highest BCUT2D eigenvalue weighted by Crippen LogP contribution is 2.31. The molecule has 140 valence electrons. The third-order valence-electron chi connectivity index (χ3n) is 4.42. The van der Waals surface area contributed by atoms with E-state index in [0.29, 0.717) is 31.8 Å². The summed E-state index contributed by atoms with van der Waals surface area (Å²) in [6, 6.07) is 5.30. The Labute approximate surface area is 152 Å². The summed E-state index contributed by atoms with van der Waals surface area (Å²) >= 11 is 0. The minimum atomic E-state index is -1.08. The van der Waals surface area contributed by atoms with E-state index in [1.165, 1.54) is 0 Å². The Morgan fingerprint density at radius 1 is 1.15 bits per heavy atom. The highest BCUT2D eigenvalue weighted by atomic mass is 16.6. The van der Waals surface area contributed by atoms with Crippen molar-refractivity contribution in [1.29, 1.82) is 0 Å². The van der Waals surface area contributed by atoms with Gasteiger partial charge in [-0.15, -0.1) is 0 Å². The molecule has 0 unspecified atom stereocenters. The van der Waals surface area contributed by atoms with E-state index in [0.717, 1.165) is 16.6 Å². The van der Waals surface area contributed by atoms with E-state index in [1.54, 1.807) is 17.0 Å². The second-order valence-electron chi connectivity index (χ2n) is 7.49. The SMILES string of the molecule is Cc1c(N2CCN(C(=O)OC(C)(C)C)CC2)ccc2oc(C(=O)O)cc12. The summed E-state index contributed by atoms with van der Waals surface area (Å²) in [6.45, 7) is 10.1. The first-order valence-corrected chi connectivity index (χ1v) is 8.65. The first-order chi connectivity index (χ1) is 12.2. The molecule has 1 aromatic heterocycles. The molecule has 1 fully saturated rings. The molecule has 0 saturated carbocycles. The molecule has 1 amide bonds. The van der Waals surface area contributed by atoms with Crippen LogP contribution in [0.4, 0.5) is 10.5 Å². The number of fused-ring (bicyclic) bond motifs is 1. The number of amides is 1. The molecule has 0 atom stereocenters. The van der Waals surface area contributed by atoms with Crippen LogP contribution in [0.5, 0.6) is 0 Å². The van der Waals surface area contributed by atoms with Crippen LogP contribution in [-0.2, 0) is 4.74 Å². The first-order valence-electron chi connectivity index (χ1n) is 8.65. The van der Waals surface area contributed by atoms with Gasteiger partial charge in [0.2, 0.25) is 5.76 Å². The first kappa shape index (κ1) is 18.1. The zero-order chi connectivity index (χ0) is 19.1. The van der Waals surface area contributed by atoms with E-state index in [-0.39, 0.29) is 11.9 Å². The molecule has 3 rings (SSSR count). The van der Waals surface area contributed by atoms with Crippen molar-refractivity contribution < 1.29 is 23.8 Å². The van der Waals surface area contributed by atoms with E-state index in [1.807, 2.05) is 33.8 Å². The number of furan rings is 1. The van der Waals surface area contributed by atoms with Crippen LogP contribution in [0.3, 0.4) is 0 Å². The number of carboxylic acids is 1. The molecule has 1 N–H and O–H groups in total. The molecule has 1 aliphatic heterocycles. The number of carboxylic acid groups (broad SMARTS) is 1. The Balaban J connectivity index is 1.74. The van der Waals surface area contributed by atoms with Crippen LogP contribution in [0.2, 0.25) is 0 Å². The molecule has 0 bridgehead atoms. The number of hydrogen-bond donors (Lipinski definition) is 1. The number of benzene rings is 1. The fourth-order valence-corrected chi connectivity index (χ4v) is 3.14. The standard InChI is InChI=1S/C19H24N2O5/c1-12-13-11-16(17(22)23)25-15(13)6-5-14(12)20-7-9-21(10-8-20)18(24)26-19(2,3)4/h5-6,11H,7-10H2,1-4H3,(H,22,23). The van der Waals surface area contributed by atoms with Crippen LogP contribution in [0, 0.1) is 6.92 Å². The van der Waals surface area contributed by atoms with Gasteiger partial charge in [-0.25, -0.2) is 9.59 Å². The molecule has 0 aliphatic carbocycles. The van der Waals surface area contributed by atoms with Gasteiger partial charge in [0.1, 0.15) is 11.2 Å². The van der Waals surface area contributed by atoms with Crippen molar-refractivity contribution in [3.8, 4) is 0 Å². The second kappa shape index (κ2) is 6.55. The van der Waals surface area contributed by atoms with Gasteiger partial charge in [-0.2, -0.15) is 0 Å². The fraction of sp³-hybridized carbons (Fsp3) is 0.474. The minimum Gasteiger partial charge on any atom is -0.475 e. The molecular weight excluding hydrogens is 336 g/mol. The fourth-order valence-electron chi connectivity index (χ4n) is 3.14. The van der Waals surface area contributed by atoms with E-state index in [4.69, 9.17) is 14.3 Å². The molecule has 2 heterocycles. The predicted octanol–water partition coefficient (Wildman–Crippen LogP) is 3.50. The van der Waals surface area contributed by atoms with Gasteiger partial charge >= 0.3 is 12.1 Å². The molecule has 1 saturated heterocycles. The predicted molar refractivity (Wildman–Crippen MR) is 97.9 cm³/mol. The summed E-state index contributed by atoms with van der Waals surface area (Å²) in [5, 5.41) is 9.90. The third-order valence-corrected chi connectivity index (χ3v) is 4.42. The Bertz CT molecular complexity index is 841. The number of anilines is 1. The smallest absolute Gasteiger partial charge is 0.410 e. The van der Waals surface area contributed by atoms with E-state index in [2.05, 4.69) is 4.90 Å². The molecule has 2 aromatic rings. The van der Waals surface area contributed by atoms with Crippen molar-refractivity contribution >= 4 is 28.7 Å². The maximum absolute atomic E-state index is 12.2. The Morgan fingerprint density at radius 2 is 1.81 bits per heavy atom. The molecule has 7 heteroatoms. The lowest BCUT2D eigenvalue weighted by Crippen LogP contribution is -2.50. The lowest BCUT2D eigenvalue weighted by atomic mass is 10.1. The van der Waals surface area contributed by atoms with Gasteiger partial charge in [0, 0.05) is 37.3 Å². The highest BCUT2D eigenvalue weighted by Gasteiger charge is 2.27. The lowest BCUT2D eigenvalue weighted by molar-refractivity contribution is 0.0240. The average Bonchev–Trinajstić information content (AvgIpc) is 2.99. The quantitative estimate of drug-likeness (QED) is 0.882. The number of piperazine rings is 1. The number of carbonyl (C=O) groups excluding carboxylic acids is 1. The molecule has 26 heavy (non-hydrogen) atoms. The summed E-state index contributed by atoms with van der Waals surface area (Å²) in [6.07, 6.45) is -0.287. The average molecular weight is 360 g/mol. The van der Waals surface area contributed by atoms with Crippen LogP contribution in [0.25, 0.3) is 11.0 Å². The van der Waals surface area contributed by atoms with Gasteiger partial charge in [0.25, 0.3) is 0 Å². The molecule has 1 aliphatic rings. The third kappa shape index (κ3) is 3.61. The summed E-state index contributed by atoms with van der Waals surface area (Å²) in [7, 11) is 0. The van der Waals surface area contributed by atoms with Crippen molar-refractivity contribution in [2.75, 3.05) is 31.1 Å². The topological polar surface area (TPSA) is 83.2 Å². The van der Waals surface area contributed by atoms with Gasteiger partial charge in [-0.1, -0.05) is 0 Å². The minimum absolute atomic E-state index is 0.0602. The number of hydrogen-bond acceptors (Lipinski definition) is 5. The molecule has 7 nitrogen and oxygen atoms in total. The van der Waals surface area contributed by atoms with Crippen molar-refractivity contribution in [1.82, 2.24) is 4.90 Å². The van der Waals surface area contributed by atoms with Gasteiger partial charge in [-0.05, 0) is 51.5 Å². The lowest BCUT2D eigenvalue weighted by Gasteiger charge is -2.37. The van der Waals surface area contributed by atoms with Gasteiger partial charge < -0.3 is 24.1 Å². The maximum atomic E-state index is 12.2. The second-order valence-corrected chi connectivity index (χ2v) is 7.49. The maximum Gasteiger partial charge on any atom is 0.410 e. The van der Waals surface area contributed by atoms with Crippen LogP contribution in [0.1, 0.15) is 36.9 Å². The Hall–Kier alpha value is -2.70. The Kier molecular flexibility index (Phi) is 4.56. The van der Waals surface area contributed by atoms with Gasteiger partial charge in [0.05, 0.1) is 0 Å². The highest BCUT2D eigenvalue weighted by molar-refractivity contribution is 5.94. The number of rotatable bonds is 2. The van der Waals surface area contributed by atoms with Crippen LogP contribution >= 0.6 is 0 Å². The Morgan fingerprint density at radius 3 is 2.38 bits per heavy atom. The van der Waals surface area contributed by atoms with Gasteiger partial charge in [-0.3, -0.25) is 0 Å². The number of carbonyl (C=O) groups is 2. The number of ether oxygens (including phenoxy) is 1. The summed E-state index contributed by atoms with van der Waals surface area (Å²) in [5.41, 5.74) is 2.07. The monoisotopic (exact) mass is 360 g/mol. The molecular formula is C19H24N2O5. The molecule has 0 radical (unpaired) electrons. The zero-order valence-electron chi connectivity index (χ0n) is 15.5. The van der Waals surface area contributed by atoms with Crippen LogP contribution in [-0.4, -0.2) is 53.8 Å². The summed E-state index contributed by atoms with van der Waals surface area (Å²) < 4.78 is 10.8. The van der Waals surface area contributed by atoms with E-state index >= 15 is 0 Å². The summed E-state index contributed by atoms with van der Waals surface area (Å²) in [5.74, 6) is -1.14. The molecule has 1 aromatic carbocycles. The number of nitrogens with zero attached hydrogens (tertiary/aromatic N) is 2. The van der Waals surface area contributed by atoms with E-state index in [9.17, 15) is 9.59 Å². The van der Waals surface area contributed by atoms with Gasteiger partial charge in [0.15, 0.2) is 0 Å². The zero-order valence-corrected chi connectivity index (χ0v) is 15.5.